The molecule has 0 aromatic carbocycles. The molecule has 18 heavy (non-hydrogen) atoms. The van der Waals surface area contributed by atoms with Gasteiger partial charge >= 0.3 is 40.0 Å². The SMILES string of the molecule is CCCCCCCCCC[CH-]COS(=O)(=O)O.[Na+]. The van der Waals surface area contributed by atoms with Gasteiger partial charge in [0.05, 0.1) is 0 Å². The van der Waals surface area contributed by atoms with Gasteiger partial charge < -0.3 is 6.42 Å². The Balaban J connectivity index is 0. The minimum atomic E-state index is -4.27. The van der Waals surface area contributed by atoms with Crippen LogP contribution in [0.25, 0.3) is 0 Å². The fourth-order valence-corrected chi connectivity index (χ4v) is 1.91. The van der Waals surface area contributed by atoms with E-state index >= 15 is 0 Å². The molecule has 0 amide bonds. The van der Waals surface area contributed by atoms with E-state index in [-0.39, 0.29) is 36.2 Å². The van der Waals surface area contributed by atoms with Crippen molar-refractivity contribution in [3.05, 3.63) is 6.42 Å². The number of hydrogen-bond donors (Lipinski definition) is 1. The maximum absolute atomic E-state index is 10.2. The van der Waals surface area contributed by atoms with Crippen LogP contribution in [0.1, 0.15) is 64.7 Å². The zero-order valence-electron chi connectivity index (χ0n) is 11.7. The Labute approximate surface area is 134 Å². The van der Waals surface area contributed by atoms with Gasteiger partial charge in [-0.2, -0.15) is 14.8 Å². The molecule has 0 aromatic heterocycles. The Morgan fingerprint density at radius 3 is 2.00 bits per heavy atom. The Morgan fingerprint density at radius 2 is 1.50 bits per heavy atom. The molecule has 0 heterocycles. The van der Waals surface area contributed by atoms with Crippen molar-refractivity contribution in [3.8, 4) is 0 Å². The fraction of sp³-hybridized carbons (Fsp3) is 0.917. The molecule has 104 valence electrons. The van der Waals surface area contributed by atoms with E-state index in [0.29, 0.717) is 0 Å². The van der Waals surface area contributed by atoms with Crippen LogP contribution < -0.4 is 29.6 Å². The van der Waals surface area contributed by atoms with Crippen molar-refractivity contribution in [3.63, 3.8) is 0 Å². The molecular weight excluding hydrogens is 263 g/mol. The summed E-state index contributed by atoms with van der Waals surface area (Å²) in [6, 6.07) is 0. The summed E-state index contributed by atoms with van der Waals surface area (Å²) in [5.41, 5.74) is 0. The first-order chi connectivity index (χ1) is 8.06. The molecule has 0 aliphatic rings. The van der Waals surface area contributed by atoms with Gasteiger partial charge in [0.25, 0.3) is 0 Å². The van der Waals surface area contributed by atoms with Crippen molar-refractivity contribution in [2.45, 2.75) is 64.7 Å². The Kier molecular flexibility index (Phi) is 16.8. The second kappa shape index (κ2) is 14.3. The van der Waals surface area contributed by atoms with Gasteiger partial charge in [0.2, 0.25) is 0 Å². The first kappa shape index (κ1) is 21.2. The van der Waals surface area contributed by atoms with Crippen LogP contribution in [0.4, 0.5) is 0 Å². The standard InChI is InChI=1S/C12H25O4S.Na/c1-2-3-4-5-6-7-8-9-10-11-12-16-17(13,14)15;/h11H,2-10,12H2,1H3,(H,13,14,15);/q-1;+1. The zero-order chi connectivity index (χ0) is 13.0. The van der Waals surface area contributed by atoms with E-state index < -0.39 is 10.4 Å². The van der Waals surface area contributed by atoms with Crippen molar-refractivity contribution < 1.29 is 46.7 Å². The molecular formula is C12H25NaO4S. The summed E-state index contributed by atoms with van der Waals surface area (Å²) >= 11 is 0. The second-order valence-corrected chi connectivity index (χ2v) is 5.36. The summed E-state index contributed by atoms with van der Waals surface area (Å²) in [5.74, 6) is 0. The predicted octanol–water partition coefficient (Wildman–Crippen LogP) is 0.545. The van der Waals surface area contributed by atoms with Crippen molar-refractivity contribution >= 4 is 10.4 Å². The van der Waals surface area contributed by atoms with E-state index in [1.54, 1.807) is 6.42 Å². The molecule has 0 aromatic rings. The molecule has 4 nitrogen and oxygen atoms in total. The maximum Gasteiger partial charge on any atom is 1.00 e. The molecule has 0 radical (unpaired) electrons. The molecule has 0 unspecified atom stereocenters. The van der Waals surface area contributed by atoms with Gasteiger partial charge in [-0.05, 0) is 0 Å². The van der Waals surface area contributed by atoms with Crippen LogP contribution in [0.3, 0.4) is 0 Å². The van der Waals surface area contributed by atoms with Crippen LogP contribution in [0.15, 0.2) is 0 Å². The monoisotopic (exact) mass is 288 g/mol. The van der Waals surface area contributed by atoms with Crippen molar-refractivity contribution in [1.29, 1.82) is 0 Å². The molecule has 0 saturated carbocycles. The molecule has 6 heteroatoms. The van der Waals surface area contributed by atoms with Gasteiger partial charge in [-0.15, -0.1) is 0 Å². The molecule has 0 aliphatic carbocycles. The van der Waals surface area contributed by atoms with E-state index in [4.69, 9.17) is 4.55 Å². The predicted molar refractivity (Wildman–Crippen MR) is 69.0 cm³/mol. The Bertz CT molecular complexity index is 255. The van der Waals surface area contributed by atoms with Crippen LogP contribution in [0.5, 0.6) is 0 Å². The fourth-order valence-electron chi connectivity index (χ4n) is 1.64. The van der Waals surface area contributed by atoms with Crippen molar-refractivity contribution in [1.82, 2.24) is 0 Å². The van der Waals surface area contributed by atoms with E-state index in [1.807, 2.05) is 0 Å². The number of hydrogen-bond acceptors (Lipinski definition) is 3. The molecule has 0 rings (SSSR count). The van der Waals surface area contributed by atoms with Gasteiger partial charge in [0, 0.05) is 0 Å². The zero-order valence-corrected chi connectivity index (χ0v) is 14.5. The summed E-state index contributed by atoms with van der Waals surface area (Å²) in [6.45, 7) is 2.18. The van der Waals surface area contributed by atoms with Crippen LogP contribution in [-0.4, -0.2) is 19.6 Å². The van der Waals surface area contributed by atoms with Crippen LogP contribution in [0, 0.1) is 6.42 Å². The topological polar surface area (TPSA) is 63.6 Å². The average molecular weight is 288 g/mol. The minimum Gasteiger partial charge on any atom is -0.302 e. The van der Waals surface area contributed by atoms with E-state index in [1.165, 1.54) is 44.9 Å². The van der Waals surface area contributed by atoms with Gasteiger partial charge in [-0.25, -0.2) is 0 Å². The molecule has 1 N–H and O–H groups in total. The quantitative estimate of drug-likeness (QED) is 0.246. The van der Waals surface area contributed by atoms with Crippen molar-refractivity contribution in [2.75, 3.05) is 6.61 Å². The summed E-state index contributed by atoms with van der Waals surface area (Å²) in [4.78, 5) is 0. The number of unbranched alkanes of at least 4 members (excludes halogenated alkanes) is 9. The smallest absolute Gasteiger partial charge is 0.302 e. The summed E-state index contributed by atoms with van der Waals surface area (Å²) in [6.07, 6.45) is 12.6. The maximum atomic E-state index is 10.2. The van der Waals surface area contributed by atoms with E-state index in [0.717, 1.165) is 12.8 Å². The third-order valence-corrected chi connectivity index (χ3v) is 3.03. The largest absolute Gasteiger partial charge is 1.00 e. The van der Waals surface area contributed by atoms with Crippen LogP contribution in [-0.2, 0) is 14.6 Å². The number of rotatable bonds is 12. The Hall–Kier alpha value is 0.870. The molecule has 0 aliphatic heterocycles. The summed E-state index contributed by atoms with van der Waals surface area (Å²) in [7, 11) is -4.27. The van der Waals surface area contributed by atoms with Gasteiger partial charge in [-0.3, -0.25) is 8.74 Å². The molecule has 0 bridgehead atoms. The normalized spacial score (nSPS) is 11.2. The third kappa shape index (κ3) is 19.2. The van der Waals surface area contributed by atoms with Gasteiger partial charge in [0.15, 0.2) is 0 Å². The summed E-state index contributed by atoms with van der Waals surface area (Å²) in [5, 5.41) is 0. The van der Waals surface area contributed by atoms with Crippen LogP contribution in [0.2, 0.25) is 0 Å². The Morgan fingerprint density at radius 1 is 1.00 bits per heavy atom. The molecule has 0 atom stereocenters. The van der Waals surface area contributed by atoms with Crippen LogP contribution >= 0.6 is 0 Å². The molecule has 0 fully saturated rings. The van der Waals surface area contributed by atoms with Gasteiger partial charge in [0.1, 0.15) is 0 Å². The first-order valence-corrected chi connectivity index (χ1v) is 7.86. The minimum absolute atomic E-state index is 0. The second-order valence-electron chi connectivity index (χ2n) is 4.26. The van der Waals surface area contributed by atoms with Gasteiger partial charge in [-0.1, -0.05) is 64.9 Å². The summed E-state index contributed by atoms with van der Waals surface area (Å²) < 4.78 is 32.9. The van der Waals surface area contributed by atoms with E-state index in [9.17, 15) is 8.42 Å². The third-order valence-electron chi connectivity index (χ3n) is 2.60. The van der Waals surface area contributed by atoms with E-state index in [2.05, 4.69) is 11.1 Å². The van der Waals surface area contributed by atoms with Crippen molar-refractivity contribution in [2.24, 2.45) is 0 Å². The molecule has 0 saturated heterocycles. The molecule has 0 spiro atoms. The average Bonchev–Trinajstić information content (AvgIpc) is 2.24. The first-order valence-electron chi connectivity index (χ1n) is 6.49.